The molecule has 0 saturated carbocycles. The van der Waals surface area contributed by atoms with E-state index >= 15 is 0 Å². The minimum atomic E-state index is 0. The first-order valence-electron chi connectivity index (χ1n) is 2.55. The maximum Gasteiger partial charge on any atom is 1.00 e. The van der Waals surface area contributed by atoms with Crippen LogP contribution in [0.15, 0.2) is 9.52 Å². The Bertz CT molecular complexity index is 270. The van der Waals surface area contributed by atoms with Gasteiger partial charge in [0.2, 0.25) is 0 Å². The Hall–Kier alpha value is -0.853. The van der Waals surface area contributed by atoms with Gasteiger partial charge in [0.05, 0.1) is 6.29 Å². The molecule has 0 amide bonds. The van der Waals surface area contributed by atoms with Crippen molar-refractivity contribution in [2.45, 2.75) is 6.92 Å². The fourth-order valence-corrected chi connectivity index (χ4v) is 0.563. The summed E-state index contributed by atoms with van der Waals surface area (Å²) in [6, 6.07) is 0. The van der Waals surface area contributed by atoms with Crippen LogP contribution in [0.5, 0.6) is 0 Å². The maximum atomic E-state index is 10.1. The van der Waals surface area contributed by atoms with Crippen molar-refractivity contribution in [3.05, 3.63) is 11.3 Å². The number of aliphatic imine (C=N–C) groups is 1. The van der Waals surface area contributed by atoms with Gasteiger partial charge in [0.25, 0.3) is 0 Å². The van der Waals surface area contributed by atoms with Crippen molar-refractivity contribution < 1.29 is 28.2 Å². The van der Waals surface area contributed by atoms with Gasteiger partial charge in [-0.3, -0.25) is 0 Å². The summed E-state index contributed by atoms with van der Waals surface area (Å²) in [6.07, 6.45) is 1.61. The summed E-state index contributed by atoms with van der Waals surface area (Å²) in [4.78, 5) is 13.3. The molecule has 1 aromatic heterocycles. The van der Waals surface area contributed by atoms with E-state index < -0.39 is 0 Å². The van der Waals surface area contributed by atoms with Gasteiger partial charge in [-0.1, -0.05) is 12.5 Å². The number of hydrogen-bond acceptors (Lipinski definition) is 4. The van der Waals surface area contributed by atoms with Crippen LogP contribution < -0.4 is 18.9 Å². The van der Waals surface area contributed by atoms with Crippen LogP contribution in [0, 0.1) is 6.92 Å². The number of hydrogen-bond donors (Lipinski definition) is 0. The molecule has 0 unspecified atom stereocenters. The van der Waals surface area contributed by atoms with E-state index in [1.54, 1.807) is 13.2 Å². The van der Waals surface area contributed by atoms with Gasteiger partial charge in [-0.2, -0.15) is 11.9 Å². The molecule has 0 N–H and O–H groups in total. The fourth-order valence-electron chi connectivity index (χ4n) is 0.563. The van der Waals surface area contributed by atoms with Crippen molar-refractivity contribution >= 4 is 18.9 Å². The SMILES string of the molecule is [CH-]=Nc1onc(C)c1[C-]=O.[Li+]. The molecule has 0 aliphatic heterocycles. The molecule has 0 atom stereocenters. The van der Waals surface area contributed by atoms with Crippen LogP contribution in [-0.2, 0) is 4.79 Å². The number of aryl methyl sites for hydroxylation is 1. The molecule has 0 aliphatic rings. The summed E-state index contributed by atoms with van der Waals surface area (Å²) >= 11 is 0. The molecular formula is C6H4LiN2O2-. The van der Waals surface area contributed by atoms with Crippen LogP contribution in [-0.4, -0.2) is 18.2 Å². The van der Waals surface area contributed by atoms with Gasteiger partial charge in [0.1, 0.15) is 5.88 Å². The Balaban J connectivity index is 0.000001000. The maximum absolute atomic E-state index is 10.1. The Morgan fingerprint density at radius 3 is 2.73 bits per heavy atom. The molecule has 5 heteroatoms. The van der Waals surface area contributed by atoms with Gasteiger partial charge in [-0.15, -0.1) is 0 Å². The molecule has 1 rings (SSSR count). The Kier molecular flexibility index (Phi) is 3.80. The molecule has 0 fully saturated rings. The Labute approximate surface area is 75.8 Å². The standard InChI is InChI=1S/C6H4N2O2.Li/c1-4-5(3-9)6(7-2)10-8-4;/h2H,1H3;/q-2;+1. The minimum Gasteiger partial charge on any atom is -0.412 e. The van der Waals surface area contributed by atoms with E-state index in [0.29, 0.717) is 5.69 Å². The monoisotopic (exact) mass is 143 g/mol. The van der Waals surface area contributed by atoms with E-state index in [1.807, 2.05) is 0 Å². The van der Waals surface area contributed by atoms with E-state index in [1.165, 1.54) is 0 Å². The number of nitrogens with zero attached hydrogens (tertiary/aromatic N) is 2. The van der Waals surface area contributed by atoms with E-state index in [9.17, 15) is 4.79 Å². The summed E-state index contributed by atoms with van der Waals surface area (Å²) in [5, 5.41) is 3.45. The second-order valence-electron chi connectivity index (χ2n) is 1.68. The predicted octanol–water partition coefficient (Wildman–Crippen LogP) is -2.35. The molecule has 0 aromatic carbocycles. The minimum absolute atomic E-state index is 0. The molecule has 52 valence electrons. The predicted molar refractivity (Wildman–Crippen MR) is 34.2 cm³/mol. The van der Waals surface area contributed by atoms with Gasteiger partial charge >= 0.3 is 18.9 Å². The topological polar surface area (TPSA) is 55.5 Å². The summed E-state index contributed by atoms with van der Waals surface area (Å²) in [5.74, 6) is 0.0208. The van der Waals surface area contributed by atoms with Gasteiger partial charge < -0.3 is 14.3 Å². The van der Waals surface area contributed by atoms with E-state index in [-0.39, 0.29) is 30.3 Å². The van der Waals surface area contributed by atoms with Gasteiger partial charge in [-0.05, 0) is 5.69 Å². The van der Waals surface area contributed by atoms with Crippen LogP contribution in [0.3, 0.4) is 0 Å². The Morgan fingerprint density at radius 1 is 1.73 bits per heavy atom. The molecule has 11 heavy (non-hydrogen) atoms. The van der Waals surface area contributed by atoms with Crippen molar-refractivity contribution in [2.75, 3.05) is 0 Å². The number of carbonyl (C=O) groups excluding carboxylic acids is 1. The molecule has 0 spiro atoms. The smallest absolute Gasteiger partial charge is 0.412 e. The largest absolute Gasteiger partial charge is 1.00 e. The fraction of sp³-hybridized carbons (Fsp3) is 0.167. The third kappa shape index (κ3) is 1.79. The summed E-state index contributed by atoms with van der Waals surface area (Å²) in [6.45, 7) is 6.46. The van der Waals surface area contributed by atoms with E-state index in [4.69, 9.17) is 6.72 Å². The molecular weight excluding hydrogens is 139 g/mol. The quantitative estimate of drug-likeness (QED) is 0.264. The van der Waals surface area contributed by atoms with Crippen LogP contribution >= 0.6 is 0 Å². The van der Waals surface area contributed by atoms with Crippen LogP contribution in [0.4, 0.5) is 5.88 Å². The zero-order valence-electron chi connectivity index (χ0n) is 6.29. The second-order valence-corrected chi connectivity index (χ2v) is 1.68. The van der Waals surface area contributed by atoms with Crippen molar-refractivity contribution in [1.29, 1.82) is 0 Å². The third-order valence-electron chi connectivity index (χ3n) is 1.06. The molecule has 1 aromatic rings. The zero-order valence-corrected chi connectivity index (χ0v) is 6.29. The first-order chi connectivity index (χ1) is 4.79. The second kappa shape index (κ2) is 4.11. The average Bonchev–Trinajstić information content (AvgIpc) is 2.30. The number of aromatic nitrogens is 1. The van der Waals surface area contributed by atoms with Crippen molar-refractivity contribution in [1.82, 2.24) is 5.16 Å². The van der Waals surface area contributed by atoms with Gasteiger partial charge in [0.15, 0.2) is 0 Å². The molecule has 0 aliphatic carbocycles. The van der Waals surface area contributed by atoms with Crippen molar-refractivity contribution in [2.24, 2.45) is 4.99 Å². The third-order valence-corrected chi connectivity index (χ3v) is 1.06. The van der Waals surface area contributed by atoms with Crippen LogP contribution in [0.2, 0.25) is 0 Å². The average molecular weight is 143 g/mol. The first kappa shape index (κ1) is 10.1. The zero-order chi connectivity index (χ0) is 7.56. The molecule has 0 radical (unpaired) electrons. The van der Waals surface area contributed by atoms with E-state index in [2.05, 4.69) is 14.7 Å². The van der Waals surface area contributed by atoms with Crippen LogP contribution in [0.1, 0.15) is 11.3 Å². The van der Waals surface area contributed by atoms with Crippen LogP contribution in [0.25, 0.3) is 0 Å². The summed E-state index contributed by atoms with van der Waals surface area (Å²) < 4.78 is 4.53. The summed E-state index contributed by atoms with van der Waals surface area (Å²) in [5.41, 5.74) is 0.627. The van der Waals surface area contributed by atoms with Crippen molar-refractivity contribution in [3.63, 3.8) is 0 Å². The first-order valence-corrected chi connectivity index (χ1v) is 2.55. The molecule has 0 saturated heterocycles. The molecule has 1 heterocycles. The normalized spacial score (nSPS) is 8.45. The number of rotatable bonds is 2. The Morgan fingerprint density at radius 2 is 2.36 bits per heavy atom. The van der Waals surface area contributed by atoms with E-state index in [0.717, 1.165) is 0 Å². The van der Waals surface area contributed by atoms with Gasteiger partial charge in [-0.25, -0.2) is 0 Å². The van der Waals surface area contributed by atoms with Gasteiger partial charge in [0, 0.05) is 0 Å². The molecule has 0 bridgehead atoms. The molecule has 4 nitrogen and oxygen atoms in total. The summed E-state index contributed by atoms with van der Waals surface area (Å²) in [7, 11) is 0. The van der Waals surface area contributed by atoms with Crippen molar-refractivity contribution in [3.8, 4) is 0 Å².